The first-order valence-electron chi connectivity index (χ1n) is 37.2. The van der Waals surface area contributed by atoms with Crippen LogP contribution in [0.25, 0.3) is 0 Å². The molecule has 0 aliphatic heterocycles. The van der Waals surface area contributed by atoms with Crippen LogP contribution in [0, 0.1) is 0 Å². The lowest BCUT2D eigenvalue weighted by molar-refractivity contribution is -0.870. The van der Waals surface area contributed by atoms with Crippen LogP contribution in [0.4, 0.5) is 0 Å². The molecule has 9 heteroatoms. The van der Waals surface area contributed by atoms with Crippen molar-refractivity contribution in [3.05, 3.63) is 24.3 Å². The van der Waals surface area contributed by atoms with Gasteiger partial charge in [0.05, 0.1) is 39.9 Å². The van der Waals surface area contributed by atoms with E-state index >= 15 is 0 Å². The molecule has 0 aromatic rings. The minimum Gasteiger partial charge on any atom is -0.756 e. The van der Waals surface area contributed by atoms with Crippen molar-refractivity contribution < 1.29 is 32.9 Å². The molecule has 0 spiro atoms. The Morgan fingerprint density at radius 2 is 0.663 bits per heavy atom. The molecule has 0 fully saturated rings. The lowest BCUT2D eigenvalue weighted by Gasteiger charge is -2.29. The number of amides is 1. The van der Waals surface area contributed by atoms with E-state index in [1.54, 1.807) is 6.08 Å². The number of quaternary nitrogens is 1. The van der Waals surface area contributed by atoms with Gasteiger partial charge in [0.2, 0.25) is 5.91 Å². The molecule has 0 aliphatic carbocycles. The Hall–Kier alpha value is -1.02. The summed E-state index contributed by atoms with van der Waals surface area (Å²) >= 11 is 0. The van der Waals surface area contributed by atoms with Gasteiger partial charge in [0.15, 0.2) is 0 Å². The molecule has 3 atom stereocenters. The second kappa shape index (κ2) is 65.4. The molecule has 3 unspecified atom stereocenters. The molecule has 0 rings (SSSR count). The van der Waals surface area contributed by atoms with Crippen LogP contribution in [0.3, 0.4) is 0 Å². The first-order chi connectivity index (χ1) is 40.5. The maximum atomic E-state index is 13.0. The summed E-state index contributed by atoms with van der Waals surface area (Å²) in [6.07, 6.45) is 86.1. The largest absolute Gasteiger partial charge is 0.756 e. The Bertz CT molecular complexity index is 1400. The van der Waals surface area contributed by atoms with E-state index in [1.807, 2.05) is 27.2 Å². The van der Waals surface area contributed by atoms with E-state index in [1.165, 1.54) is 334 Å². The molecule has 0 bridgehead atoms. The molecule has 0 saturated carbocycles. The SMILES string of the molecule is CCCCCCCCCC/C=C\CCCCCCCCCCCCCCCCCCCCCCCCCCCCCC(=O)NC(COP(=O)([O-])OCC[N+](C)(C)C)C(O)/C=C/CCCCCCCCCCCCCCCCCCCCCC. The summed E-state index contributed by atoms with van der Waals surface area (Å²) in [6.45, 7) is 4.71. The molecular weight excluding hydrogens is 1040 g/mol. The number of allylic oxidation sites excluding steroid dienone is 3. The zero-order valence-corrected chi connectivity index (χ0v) is 57.6. The van der Waals surface area contributed by atoms with Crippen molar-refractivity contribution in [1.29, 1.82) is 0 Å². The molecule has 0 radical (unpaired) electrons. The van der Waals surface area contributed by atoms with Gasteiger partial charge in [-0.15, -0.1) is 0 Å². The van der Waals surface area contributed by atoms with Crippen LogP contribution < -0.4 is 10.2 Å². The minimum absolute atomic E-state index is 0.00233. The molecule has 0 aromatic heterocycles. The van der Waals surface area contributed by atoms with Gasteiger partial charge in [-0.3, -0.25) is 9.36 Å². The number of carbonyl (C=O) groups is 1. The zero-order valence-electron chi connectivity index (χ0n) is 56.7. The second-order valence-electron chi connectivity index (χ2n) is 27.0. The molecule has 494 valence electrons. The quantitative estimate of drug-likeness (QED) is 0.0272. The summed E-state index contributed by atoms with van der Waals surface area (Å²) < 4.78 is 23.5. The Kier molecular flexibility index (Phi) is 64.6. The highest BCUT2D eigenvalue weighted by Gasteiger charge is 2.23. The maximum Gasteiger partial charge on any atom is 0.268 e. The monoisotopic (exact) mass is 1190 g/mol. The summed E-state index contributed by atoms with van der Waals surface area (Å²) in [4.78, 5) is 25.6. The molecule has 1 amide bonds. The zero-order chi connectivity index (χ0) is 60.5. The summed E-state index contributed by atoms with van der Waals surface area (Å²) in [5.41, 5.74) is 0. The minimum atomic E-state index is -4.60. The number of hydrogen-bond donors (Lipinski definition) is 2. The van der Waals surface area contributed by atoms with E-state index in [0.29, 0.717) is 17.4 Å². The maximum absolute atomic E-state index is 13.0. The fourth-order valence-electron chi connectivity index (χ4n) is 11.6. The molecule has 2 N–H and O–H groups in total. The van der Waals surface area contributed by atoms with Crippen molar-refractivity contribution >= 4 is 13.7 Å². The normalized spacial score (nSPS) is 13.7. The average Bonchev–Trinajstić information content (AvgIpc) is 3.50. The van der Waals surface area contributed by atoms with Crippen molar-refractivity contribution in [1.82, 2.24) is 5.32 Å². The standard InChI is InChI=1S/C74H147N2O6P/c1-6-8-10-12-14-16-18-20-22-24-26-28-30-31-32-33-34-35-36-37-38-39-40-41-42-43-44-45-46-48-50-52-54-56-58-60-62-64-66-68-74(78)75-72(71-82-83(79,80)81-70-69-76(3,4)5)73(77)67-65-63-61-59-57-55-53-51-49-47-29-27-25-23-21-19-17-15-13-11-9-7-2/h24,26,65,67,72-73,77H,6-23,25,27-64,66,68-71H2,1-5H3,(H-,75,78,79,80)/b26-24-,67-65+. The molecule has 8 nitrogen and oxygen atoms in total. The predicted octanol–water partition coefficient (Wildman–Crippen LogP) is 23.2. The van der Waals surface area contributed by atoms with Gasteiger partial charge in [0, 0.05) is 6.42 Å². The third kappa shape index (κ3) is 68.3. The smallest absolute Gasteiger partial charge is 0.268 e. The average molecular weight is 1190 g/mol. The van der Waals surface area contributed by atoms with E-state index in [-0.39, 0.29) is 19.1 Å². The first-order valence-corrected chi connectivity index (χ1v) is 38.7. The molecule has 0 aliphatic rings. The number of nitrogens with one attached hydrogen (secondary N) is 1. The highest BCUT2D eigenvalue weighted by Crippen LogP contribution is 2.38. The highest BCUT2D eigenvalue weighted by molar-refractivity contribution is 7.45. The highest BCUT2D eigenvalue weighted by atomic mass is 31.2. The number of carbonyl (C=O) groups excluding carboxylic acids is 1. The topological polar surface area (TPSA) is 108 Å². The summed E-state index contributed by atoms with van der Waals surface area (Å²) in [5.74, 6) is -0.188. The van der Waals surface area contributed by atoms with Crippen LogP contribution in [0.1, 0.15) is 393 Å². The number of phosphoric ester groups is 1. The van der Waals surface area contributed by atoms with Crippen molar-refractivity contribution in [2.24, 2.45) is 0 Å². The van der Waals surface area contributed by atoms with E-state index in [0.717, 1.165) is 38.5 Å². The van der Waals surface area contributed by atoms with E-state index in [9.17, 15) is 19.4 Å². The van der Waals surface area contributed by atoms with Crippen LogP contribution in [-0.2, 0) is 18.4 Å². The number of aliphatic hydroxyl groups is 1. The van der Waals surface area contributed by atoms with Crippen LogP contribution in [0.5, 0.6) is 0 Å². The Morgan fingerprint density at radius 3 is 0.940 bits per heavy atom. The number of likely N-dealkylation sites (N-methyl/N-ethyl adjacent to an activating group) is 1. The van der Waals surface area contributed by atoms with Crippen molar-refractivity contribution in [2.45, 2.75) is 405 Å². The van der Waals surface area contributed by atoms with Gasteiger partial charge in [0.25, 0.3) is 7.82 Å². The van der Waals surface area contributed by atoms with E-state index < -0.39 is 20.0 Å². The summed E-state index contributed by atoms with van der Waals surface area (Å²) in [6, 6.07) is -0.885. The number of nitrogens with zero attached hydrogens (tertiary/aromatic N) is 1. The number of rotatable bonds is 70. The fraction of sp³-hybridized carbons (Fsp3) is 0.932. The van der Waals surface area contributed by atoms with Crippen molar-refractivity contribution in [3.8, 4) is 0 Å². The van der Waals surface area contributed by atoms with Crippen LogP contribution >= 0.6 is 7.82 Å². The van der Waals surface area contributed by atoms with Gasteiger partial charge in [-0.05, 0) is 44.9 Å². The number of unbranched alkanes of at least 4 members (excludes halogenated alkanes) is 55. The number of phosphoric acid groups is 1. The fourth-order valence-corrected chi connectivity index (χ4v) is 12.3. The summed E-state index contributed by atoms with van der Waals surface area (Å²) in [7, 11) is 1.28. The predicted molar refractivity (Wildman–Crippen MR) is 362 cm³/mol. The van der Waals surface area contributed by atoms with Crippen LogP contribution in [0.15, 0.2) is 24.3 Å². The molecule has 83 heavy (non-hydrogen) atoms. The van der Waals surface area contributed by atoms with Gasteiger partial charge in [-0.1, -0.05) is 366 Å². The van der Waals surface area contributed by atoms with Gasteiger partial charge in [-0.2, -0.15) is 0 Å². The van der Waals surface area contributed by atoms with Crippen molar-refractivity contribution in [2.75, 3.05) is 40.9 Å². The third-order valence-corrected chi connectivity index (χ3v) is 18.4. The lowest BCUT2D eigenvalue weighted by Crippen LogP contribution is -2.45. The Morgan fingerprint density at radius 1 is 0.410 bits per heavy atom. The summed E-state index contributed by atoms with van der Waals surface area (Å²) in [5, 5.41) is 14.0. The molecule has 0 aromatic carbocycles. The van der Waals surface area contributed by atoms with Gasteiger partial charge in [-0.25, -0.2) is 0 Å². The first kappa shape index (κ1) is 82.0. The molecular formula is C74H147N2O6P. The Labute approximate surface area is 519 Å². The van der Waals surface area contributed by atoms with Crippen molar-refractivity contribution in [3.63, 3.8) is 0 Å². The van der Waals surface area contributed by atoms with Gasteiger partial charge in [0.1, 0.15) is 13.2 Å². The number of hydrogen-bond acceptors (Lipinski definition) is 6. The molecule has 0 heterocycles. The van der Waals surface area contributed by atoms with Crippen LogP contribution in [0.2, 0.25) is 0 Å². The molecule has 0 saturated heterocycles. The van der Waals surface area contributed by atoms with Gasteiger partial charge >= 0.3 is 0 Å². The van der Waals surface area contributed by atoms with Gasteiger partial charge < -0.3 is 28.8 Å². The number of aliphatic hydroxyl groups excluding tert-OH is 1. The second-order valence-corrected chi connectivity index (χ2v) is 28.4. The van der Waals surface area contributed by atoms with Crippen LogP contribution in [-0.4, -0.2) is 68.5 Å². The lowest BCUT2D eigenvalue weighted by atomic mass is 10.0. The van der Waals surface area contributed by atoms with E-state index in [2.05, 4.69) is 31.3 Å². The third-order valence-electron chi connectivity index (χ3n) is 17.4. The van der Waals surface area contributed by atoms with E-state index in [4.69, 9.17) is 9.05 Å². The Balaban J connectivity index is 3.91.